The van der Waals surface area contributed by atoms with Gasteiger partial charge in [0, 0.05) is 41.8 Å². The number of amides is 4. The van der Waals surface area contributed by atoms with Gasteiger partial charge in [0.2, 0.25) is 23.6 Å². The number of aromatic amines is 2. The number of nitrogens with zero attached hydrogens (tertiary/aromatic N) is 1. The topological polar surface area (TPSA) is 238 Å². The molecule has 0 bridgehead atoms. The fourth-order valence-corrected chi connectivity index (χ4v) is 4.65. The Hall–Kier alpha value is -4.37. The number of carboxylic acids is 1. The van der Waals surface area contributed by atoms with Crippen LogP contribution in [0, 0.1) is 0 Å². The van der Waals surface area contributed by atoms with Crippen LogP contribution in [0.3, 0.4) is 0 Å². The first kappa shape index (κ1) is 31.2. The van der Waals surface area contributed by atoms with Gasteiger partial charge in [0.05, 0.1) is 18.8 Å². The van der Waals surface area contributed by atoms with Gasteiger partial charge in [-0.1, -0.05) is 18.2 Å². The molecule has 2 heterocycles. The highest BCUT2D eigenvalue weighted by molar-refractivity contribution is 7.98. The SMILES string of the molecule is CSCCC(NC(=O)C(Cc1c[nH]c2ccccc12)NC(=O)C(N)CC(N)=O)C(=O)NC(Cc1cnc[nH]1)C(=O)O. The lowest BCUT2D eigenvalue weighted by Crippen LogP contribution is -2.58. The van der Waals surface area contributed by atoms with E-state index in [-0.39, 0.29) is 19.3 Å². The molecular weight excluding hydrogens is 552 g/mol. The van der Waals surface area contributed by atoms with Crippen LogP contribution in [0.4, 0.5) is 0 Å². The minimum absolute atomic E-state index is 0.0404. The number of nitrogens with two attached hydrogens (primary N) is 2. The summed E-state index contributed by atoms with van der Waals surface area (Å²) in [6.45, 7) is 0. The highest BCUT2D eigenvalue weighted by Gasteiger charge is 2.31. The Morgan fingerprint density at radius 3 is 2.32 bits per heavy atom. The van der Waals surface area contributed by atoms with Gasteiger partial charge in [0.25, 0.3) is 0 Å². The second-order valence-corrected chi connectivity index (χ2v) is 10.4. The number of rotatable bonds is 16. The molecule has 0 fully saturated rings. The first-order valence-electron chi connectivity index (χ1n) is 12.8. The molecule has 4 amide bonds. The number of imidazole rings is 1. The molecule has 3 aromatic rings. The summed E-state index contributed by atoms with van der Waals surface area (Å²) >= 11 is 1.44. The number of hydrogen-bond donors (Lipinski definition) is 8. The lowest BCUT2D eigenvalue weighted by Gasteiger charge is -2.25. The van der Waals surface area contributed by atoms with Crippen LogP contribution in [0.2, 0.25) is 0 Å². The Labute approximate surface area is 239 Å². The number of H-pyrrole nitrogens is 2. The van der Waals surface area contributed by atoms with E-state index in [0.29, 0.717) is 11.4 Å². The number of benzene rings is 1. The zero-order valence-electron chi connectivity index (χ0n) is 22.4. The molecular formula is C26H34N8O6S. The lowest BCUT2D eigenvalue weighted by molar-refractivity contribution is -0.142. The van der Waals surface area contributed by atoms with Gasteiger partial charge >= 0.3 is 5.97 Å². The van der Waals surface area contributed by atoms with Crippen molar-refractivity contribution in [3.63, 3.8) is 0 Å². The fourth-order valence-electron chi connectivity index (χ4n) is 4.18. The van der Waals surface area contributed by atoms with Crippen LogP contribution in [-0.2, 0) is 36.8 Å². The van der Waals surface area contributed by atoms with Gasteiger partial charge in [0.1, 0.15) is 18.1 Å². The Bertz CT molecular complexity index is 1360. The first-order valence-corrected chi connectivity index (χ1v) is 14.2. The number of hydrogen-bond acceptors (Lipinski definition) is 8. The van der Waals surface area contributed by atoms with Crippen molar-refractivity contribution in [1.29, 1.82) is 0 Å². The van der Waals surface area contributed by atoms with E-state index < -0.39 is 60.2 Å². The maximum atomic E-state index is 13.6. The monoisotopic (exact) mass is 586 g/mol. The van der Waals surface area contributed by atoms with Crippen molar-refractivity contribution in [2.45, 2.75) is 49.9 Å². The van der Waals surface area contributed by atoms with Gasteiger partial charge in [-0.05, 0) is 30.1 Å². The highest BCUT2D eigenvalue weighted by Crippen LogP contribution is 2.19. The summed E-state index contributed by atoms with van der Waals surface area (Å²) in [5.41, 5.74) is 13.0. The summed E-state index contributed by atoms with van der Waals surface area (Å²) in [7, 11) is 0. The quantitative estimate of drug-likeness (QED) is 0.104. The van der Waals surface area contributed by atoms with E-state index in [9.17, 15) is 29.1 Å². The molecule has 4 atom stereocenters. The summed E-state index contributed by atoms with van der Waals surface area (Å²) in [6.07, 6.45) is 6.18. The molecule has 4 unspecified atom stereocenters. The molecule has 220 valence electrons. The largest absolute Gasteiger partial charge is 0.480 e. The molecule has 0 aliphatic rings. The third-order valence-corrected chi connectivity index (χ3v) is 6.97. The van der Waals surface area contributed by atoms with Crippen LogP contribution in [-0.4, -0.2) is 85.8 Å². The molecule has 15 heteroatoms. The van der Waals surface area contributed by atoms with Crippen molar-refractivity contribution >= 4 is 52.3 Å². The van der Waals surface area contributed by atoms with Crippen LogP contribution < -0.4 is 27.4 Å². The number of carboxylic acid groups (broad SMARTS) is 1. The summed E-state index contributed by atoms with van der Waals surface area (Å²) in [5.74, 6) is -3.68. The first-order chi connectivity index (χ1) is 19.6. The van der Waals surface area contributed by atoms with Crippen LogP contribution in [0.15, 0.2) is 43.0 Å². The fraction of sp³-hybridized carbons (Fsp3) is 0.385. The van der Waals surface area contributed by atoms with E-state index in [1.165, 1.54) is 24.3 Å². The molecule has 1 aromatic carbocycles. The number of primary amides is 1. The molecule has 10 N–H and O–H groups in total. The van der Waals surface area contributed by atoms with Gasteiger partial charge in [-0.2, -0.15) is 11.8 Å². The van der Waals surface area contributed by atoms with Crippen LogP contribution in [0.25, 0.3) is 10.9 Å². The predicted octanol–water partition coefficient (Wildman–Crippen LogP) is -0.829. The van der Waals surface area contributed by atoms with Gasteiger partial charge in [-0.3, -0.25) is 19.2 Å². The van der Waals surface area contributed by atoms with E-state index in [0.717, 1.165) is 16.5 Å². The average Bonchev–Trinajstić information content (AvgIpc) is 3.59. The maximum absolute atomic E-state index is 13.6. The van der Waals surface area contributed by atoms with Crippen LogP contribution in [0.1, 0.15) is 24.1 Å². The third-order valence-electron chi connectivity index (χ3n) is 6.33. The number of fused-ring (bicyclic) bond motifs is 1. The molecule has 0 spiro atoms. The number of carbonyl (C=O) groups is 5. The van der Waals surface area contributed by atoms with Crippen LogP contribution >= 0.6 is 11.8 Å². The zero-order valence-corrected chi connectivity index (χ0v) is 23.2. The third kappa shape index (κ3) is 9.08. The second-order valence-electron chi connectivity index (χ2n) is 9.42. The number of thioether (sulfide) groups is 1. The average molecular weight is 587 g/mol. The Morgan fingerprint density at radius 2 is 1.66 bits per heavy atom. The van der Waals surface area contributed by atoms with Crippen molar-refractivity contribution in [3.05, 3.63) is 54.2 Å². The van der Waals surface area contributed by atoms with Crippen molar-refractivity contribution in [1.82, 2.24) is 30.9 Å². The lowest BCUT2D eigenvalue weighted by atomic mass is 10.0. The van der Waals surface area contributed by atoms with Crippen molar-refractivity contribution in [3.8, 4) is 0 Å². The van der Waals surface area contributed by atoms with Gasteiger partial charge < -0.3 is 42.5 Å². The highest BCUT2D eigenvalue weighted by atomic mass is 32.2. The number of carbonyl (C=O) groups excluding carboxylic acids is 4. The molecule has 0 saturated heterocycles. The minimum atomic E-state index is -1.28. The number of para-hydroxylation sites is 1. The number of nitrogens with one attached hydrogen (secondary N) is 5. The minimum Gasteiger partial charge on any atom is -0.480 e. The summed E-state index contributed by atoms with van der Waals surface area (Å²) in [4.78, 5) is 72.4. The Kier molecular flexibility index (Phi) is 11.3. The standard InChI is InChI=1S/C26H34N8O6S/c1-41-7-6-19(24(37)34-21(26(39)40)9-15-12-29-13-31-15)32-25(38)20(33-23(36)17(27)10-22(28)35)8-14-11-30-18-5-3-2-4-16(14)18/h2-5,11-13,17,19-21,30H,6-10,27H2,1H3,(H2,28,35)(H,29,31)(H,32,38)(H,33,36)(H,34,37)(H,39,40). The molecule has 14 nitrogen and oxygen atoms in total. The molecule has 3 rings (SSSR count). The molecule has 0 saturated carbocycles. The molecule has 2 aromatic heterocycles. The van der Waals surface area contributed by atoms with E-state index >= 15 is 0 Å². The normalized spacial score (nSPS) is 14.0. The van der Waals surface area contributed by atoms with Crippen molar-refractivity contribution in [2.75, 3.05) is 12.0 Å². The second kappa shape index (κ2) is 14.9. The molecule has 0 radical (unpaired) electrons. The van der Waals surface area contributed by atoms with Gasteiger partial charge in [-0.15, -0.1) is 0 Å². The van der Waals surface area contributed by atoms with Crippen molar-refractivity contribution < 1.29 is 29.1 Å². The predicted molar refractivity (Wildman–Crippen MR) is 153 cm³/mol. The van der Waals surface area contributed by atoms with E-state index in [1.54, 1.807) is 6.20 Å². The van der Waals surface area contributed by atoms with E-state index in [1.807, 2.05) is 30.5 Å². The smallest absolute Gasteiger partial charge is 0.326 e. The Balaban J connectivity index is 1.81. The maximum Gasteiger partial charge on any atom is 0.326 e. The zero-order chi connectivity index (χ0) is 29.9. The Morgan fingerprint density at radius 1 is 0.976 bits per heavy atom. The summed E-state index contributed by atoms with van der Waals surface area (Å²) in [6, 6.07) is 2.58. The summed E-state index contributed by atoms with van der Waals surface area (Å²) < 4.78 is 0. The van der Waals surface area contributed by atoms with Crippen molar-refractivity contribution in [2.24, 2.45) is 11.5 Å². The van der Waals surface area contributed by atoms with Gasteiger partial charge in [-0.25, -0.2) is 9.78 Å². The van der Waals surface area contributed by atoms with Crippen LogP contribution in [0.5, 0.6) is 0 Å². The summed E-state index contributed by atoms with van der Waals surface area (Å²) in [5, 5.41) is 18.2. The molecule has 0 aliphatic carbocycles. The number of aromatic nitrogens is 3. The van der Waals surface area contributed by atoms with E-state index in [2.05, 4.69) is 30.9 Å². The molecule has 0 aliphatic heterocycles. The molecule has 41 heavy (non-hydrogen) atoms. The van der Waals surface area contributed by atoms with Gasteiger partial charge in [0.15, 0.2) is 0 Å². The van der Waals surface area contributed by atoms with E-state index in [4.69, 9.17) is 11.5 Å². The number of aliphatic carboxylic acids is 1.